The van der Waals surface area contributed by atoms with E-state index in [0.717, 1.165) is 17.6 Å². The van der Waals surface area contributed by atoms with Crippen LogP contribution < -0.4 is 4.90 Å². The molecule has 0 aromatic carbocycles. The number of fused-ring (bicyclic) bond motifs is 2. The van der Waals surface area contributed by atoms with Crippen molar-refractivity contribution in [1.82, 2.24) is 4.98 Å². The summed E-state index contributed by atoms with van der Waals surface area (Å²) in [6.45, 7) is 1.05. The predicted molar refractivity (Wildman–Crippen MR) is 66.9 cm³/mol. The first kappa shape index (κ1) is 11.3. The molecule has 1 saturated heterocycles. The highest BCUT2D eigenvalue weighted by atomic mass is 35.5. The molecular weight excluding hydrogens is 260 g/mol. The van der Waals surface area contributed by atoms with Gasteiger partial charge in [0.1, 0.15) is 0 Å². The summed E-state index contributed by atoms with van der Waals surface area (Å²) in [4.78, 5) is 18.5. The molecule has 2 aliphatic rings. The minimum absolute atomic E-state index is 0.264. The first-order valence-corrected chi connectivity index (χ1v) is 6.89. The van der Waals surface area contributed by atoms with E-state index in [1.54, 1.807) is 0 Å². The fourth-order valence-electron chi connectivity index (χ4n) is 2.79. The third kappa shape index (κ3) is 1.81. The van der Waals surface area contributed by atoms with Crippen molar-refractivity contribution in [1.29, 1.82) is 0 Å². The number of nitrogens with zero attached hydrogens (tertiary/aromatic N) is 2. The maximum absolute atomic E-state index is 11.5. The molecule has 1 saturated carbocycles. The summed E-state index contributed by atoms with van der Waals surface area (Å²) in [5.41, 5.74) is 0. The Balaban J connectivity index is 1.87. The minimum Gasteiger partial charge on any atom is -0.465 e. The number of ether oxygens (including phenoxy) is 1. The number of esters is 1. The van der Waals surface area contributed by atoms with Crippen LogP contribution in [0.5, 0.6) is 0 Å². The van der Waals surface area contributed by atoms with Crippen molar-refractivity contribution in [2.24, 2.45) is 5.92 Å². The van der Waals surface area contributed by atoms with E-state index < -0.39 is 5.97 Å². The van der Waals surface area contributed by atoms with Crippen LogP contribution in [0.25, 0.3) is 0 Å². The molecule has 92 valence electrons. The average molecular weight is 273 g/mol. The van der Waals surface area contributed by atoms with E-state index in [4.69, 9.17) is 11.6 Å². The second-order valence-corrected chi connectivity index (χ2v) is 5.93. The van der Waals surface area contributed by atoms with Crippen molar-refractivity contribution in [2.45, 2.75) is 25.3 Å². The average Bonchev–Trinajstić information content (AvgIpc) is 3.01. The lowest BCUT2D eigenvalue weighted by molar-refractivity contribution is 0.0606. The summed E-state index contributed by atoms with van der Waals surface area (Å²) in [7, 11) is 1.36. The van der Waals surface area contributed by atoms with Crippen LogP contribution in [0, 0.1) is 5.92 Å². The van der Waals surface area contributed by atoms with Crippen molar-refractivity contribution < 1.29 is 9.53 Å². The quantitative estimate of drug-likeness (QED) is 0.776. The van der Waals surface area contributed by atoms with Crippen molar-refractivity contribution in [3.05, 3.63) is 10.0 Å². The van der Waals surface area contributed by atoms with E-state index in [0.29, 0.717) is 10.9 Å². The molecule has 0 amide bonds. The number of piperidine rings is 1. The van der Waals surface area contributed by atoms with Gasteiger partial charge in [0.15, 0.2) is 15.2 Å². The fourth-order valence-corrected chi connectivity index (χ4v) is 4.07. The summed E-state index contributed by atoms with van der Waals surface area (Å²) in [6, 6.07) is 0.590. The van der Waals surface area contributed by atoms with Gasteiger partial charge in [-0.05, 0) is 25.2 Å². The van der Waals surface area contributed by atoms with Gasteiger partial charge in [-0.1, -0.05) is 22.9 Å². The Hall–Kier alpha value is -0.810. The molecule has 6 heteroatoms. The zero-order valence-corrected chi connectivity index (χ0v) is 11.1. The summed E-state index contributed by atoms with van der Waals surface area (Å²) in [5.74, 6) is 0.396. The lowest BCUT2D eigenvalue weighted by Gasteiger charge is -2.26. The Morgan fingerprint density at radius 1 is 1.59 bits per heavy atom. The molecule has 2 atom stereocenters. The highest BCUT2D eigenvalue weighted by Crippen LogP contribution is 2.42. The fraction of sp³-hybridized carbons (Fsp3) is 0.636. The molecule has 2 bridgehead atoms. The highest BCUT2D eigenvalue weighted by Gasteiger charge is 2.39. The number of aromatic nitrogens is 1. The number of rotatable bonds is 2. The molecular formula is C11H13ClN2O2S. The Morgan fingerprint density at radius 2 is 2.41 bits per heavy atom. The molecule has 2 fully saturated rings. The van der Waals surface area contributed by atoms with Crippen molar-refractivity contribution in [3.8, 4) is 0 Å². The second kappa shape index (κ2) is 4.14. The van der Waals surface area contributed by atoms with E-state index in [2.05, 4.69) is 14.6 Å². The number of carbonyl (C=O) groups excluding carboxylic acids is 1. The first-order valence-electron chi connectivity index (χ1n) is 5.70. The molecule has 0 N–H and O–H groups in total. The first-order chi connectivity index (χ1) is 8.19. The standard InChI is InChI=1S/C11H13ClN2O2S/c1-16-10(15)8-9(12)13-11(17-8)14-5-6-2-3-7(14)4-6/h6-7H,2-5H2,1H3. The minimum atomic E-state index is -0.400. The number of anilines is 1. The van der Waals surface area contributed by atoms with Crippen molar-refractivity contribution in [2.75, 3.05) is 18.6 Å². The summed E-state index contributed by atoms with van der Waals surface area (Å²) >= 11 is 7.31. The largest absolute Gasteiger partial charge is 0.465 e. The molecule has 1 aliphatic heterocycles. The molecule has 2 unspecified atom stereocenters. The summed E-state index contributed by atoms with van der Waals surface area (Å²) in [6.07, 6.45) is 3.81. The van der Waals surface area contributed by atoms with Crippen LogP contribution in [0.4, 0.5) is 5.13 Å². The zero-order valence-electron chi connectivity index (χ0n) is 9.48. The van der Waals surface area contributed by atoms with Crippen LogP contribution in [-0.2, 0) is 4.74 Å². The molecule has 3 rings (SSSR count). The van der Waals surface area contributed by atoms with E-state index >= 15 is 0 Å². The van der Waals surface area contributed by atoms with Gasteiger partial charge in [-0.15, -0.1) is 0 Å². The molecule has 4 nitrogen and oxygen atoms in total. The number of hydrogen-bond acceptors (Lipinski definition) is 5. The van der Waals surface area contributed by atoms with Crippen molar-refractivity contribution in [3.63, 3.8) is 0 Å². The Morgan fingerprint density at radius 3 is 3.00 bits per heavy atom. The van der Waals surface area contributed by atoms with Crippen LogP contribution >= 0.6 is 22.9 Å². The SMILES string of the molecule is COC(=O)c1sc(N2CC3CCC2C3)nc1Cl. The molecule has 17 heavy (non-hydrogen) atoms. The van der Waals surface area contributed by atoms with Gasteiger partial charge in [0.25, 0.3) is 0 Å². The normalized spacial score (nSPS) is 26.6. The Kier molecular flexibility index (Phi) is 2.75. The predicted octanol–water partition coefficient (Wildman–Crippen LogP) is 2.57. The van der Waals surface area contributed by atoms with Crippen LogP contribution in [0.3, 0.4) is 0 Å². The zero-order chi connectivity index (χ0) is 12.0. The molecule has 0 radical (unpaired) electrons. The van der Waals surface area contributed by atoms with Gasteiger partial charge in [0.05, 0.1) is 7.11 Å². The smallest absolute Gasteiger partial charge is 0.351 e. The molecule has 0 spiro atoms. The van der Waals surface area contributed by atoms with Crippen LogP contribution in [0.15, 0.2) is 0 Å². The molecule has 2 heterocycles. The number of methoxy groups -OCH3 is 1. The van der Waals surface area contributed by atoms with Gasteiger partial charge >= 0.3 is 5.97 Å². The third-order valence-corrected chi connectivity index (χ3v) is 5.06. The number of thiazole rings is 1. The van der Waals surface area contributed by atoms with E-state index in [9.17, 15) is 4.79 Å². The monoisotopic (exact) mass is 272 g/mol. The summed E-state index contributed by atoms with van der Waals surface area (Å²) in [5, 5.41) is 1.13. The Bertz CT molecular complexity index is 462. The number of carbonyl (C=O) groups is 1. The van der Waals surface area contributed by atoms with Crippen LogP contribution in [0.1, 0.15) is 28.9 Å². The maximum Gasteiger partial charge on any atom is 0.351 e. The molecule has 1 aromatic rings. The number of hydrogen-bond donors (Lipinski definition) is 0. The maximum atomic E-state index is 11.5. The number of halogens is 1. The van der Waals surface area contributed by atoms with Gasteiger partial charge < -0.3 is 9.64 Å². The lowest BCUT2D eigenvalue weighted by atomic mass is 10.1. The lowest BCUT2D eigenvalue weighted by Crippen LogP contribution is -2.31. The third-order valence-electron chi connectivity index (χ3n) is 3.60. The van der Waals surface area contributed by atoms with Crippen LogP contribution in [0.2, 0.25) is 5.15 Å². The Labute approximate surface area is 109 Å². The van der Waals surface area contributed by atoms with E-state index in [-0.39, 0.29) is 5.15 Å². The van der Waals surface area contributed by atoms with Gasteiger partial charge in [0.2, 0.25) is 0 Å². The van der Waals surface area contributed by atoms with E-state index in [1.165, 1.54) is 37.7 Å². The highest BCUT2D eigenvalue weighted by molar-refractivity contribution is 7.18. The van der Waals surface area contributed by atoms with Gasteiger partial charge in [0, 0.05) is 12.6 Å². The van der Waals surface area contributed by atoms with E-state index in [1.807, 2.05) is 0 Å². The van der Waals surface area contributed by atoms with Gasteiger partial charge in [-0.2, -0.15) is 0 Å². The van der Waals surface area contributed by atoms with Gasteiger partial charge in [-0.3, -0.25) is 0 Å². The van der Waals surface area contributed by atoms with Crippen LogP contribution in [-0.4, -0.2) is 30.6 Å². The second-order valence-electron chi connectivity index (χ2n) is 4.59. The summed E-state index contributed by atoms with van der Waals surface area (Å²) < 4.78 is 4.68. The van der Waals surface area contributed by atoms with Gasteiger partial charge in [-0.25, -0.2) is 9.78 Å². The molecule has 1 aliphatic carbocycles. The molecule has 1 aromatic heterocycles. The topological polar surface area (TPSA) is 42.4 Å². The van der Waals surface area contributed by atoms with Crippen molar-refractivity contribution >= 4 is 34.0 Å².